The number of nitrogens with zero attached hydrogens (tertiary/aromatic N) is 2. The van der Waals surface area contributed by atoms with Gasteiger partial charge in [0.1, 0.15) is 5.82 Å². The number of hydrogen-bond donors (Lipinski definition) is 1. The van der Waals surface area contributed by atoms with Crippen molar-refractivity contribution < 1.29 is 0 Å². The maximum Gasteiger partial charge on any atom is 0.109 e. The molecule has 3 nitrogen and oxygen atoms in total. The third kappa shape index (κ3) is 3.19. The number of aryl methyl sites for hydroxylation is 4. The lowest BCUT2D eigenvalue weighted by atomic mass is 10.0. The van der Waals surface area contributed by atoms with Gasteiger partial charge in [-0.25, -0.2) is 4.98 Å². The van der Waals surface area contributed by atoms with Crippen molar-refractivity contribution >= 4 is 11.0 Å². The van der Waals surface area contributed by atoms with Gasteiger partial charge in [-0.2, -0.15) is 0 Å². The number of benzene rings is 1. The molecule has 0 radical (unpaired) electrons. The van der Waals surface area contributed by atoms with Crippen LogP contribution in [0, 0.1) is 13.8 Å². The number of hydrogen-bond acceptors (Lipinski definition) is 2. The first kappa shape index (κ1) is 15.5. The van der Waals surface area contributed by atoms with Crippen LogP contribution < -0.4 is 5.32 Å². The quantitative estimate of drug-likeness (QED) is 0.899. The molecule has 22 heavy (non-hydrogen) atoms. The SMILES string of the molecule is CCCc1nc2cc(C)c(C)cc2n1CCC1CCCCN1. The highest BCUT2D eigenvalue weighted by Gasteiger charge is 2.15. The van der Waals surface area contributed by atoms with Crippen molar-refractivity contribution in [2.24, 2.45) is 0 Å². The molecule has 1 aliphatic heterocycles. The highest BCUT2D eigenvalue weighted by atomic mass is 15.1. The van der Waals surface area contributed by atoms with Crippen LogP contribution in [-0.2, 0) is 13.0 Å². The first-order valence-electron chi connectivity index (χ1n) is 8.88. The average molecular weight is 299 g/mol. The van der Waals surface area contributed by atoms with Crippen LogP contribution in [0.25, 0.3) is 11.0 Å². The highest BCUT2D eigenvalue weighted by Crippen LogP contribution is 2.23. The fourth-order valence-corrected chi connectivity index (χ4v) is 3.55. The molecule has 1 saturated heterocycles. The van der Waals surface area contributed by atoms with Gasteiger partial charge in [0.2, 0.25) is 0 Å². The molecule has 3 rings (SSSR count). The Kier molecular flexibility index (Phi) is 4.82. The predicted octanol–water partition coefficient (Wildman–Crippen LogP) is 4.14. The van der Waals surface area contributed by atoms with Gasteiger partial charge in [0.15, 0.2) is 0 Å². The molecule has 120 valence electrons. The first-order valence-corrected chi connectivity index (χ1v) is 8.88. The Balaban J connectivity index is 1.87. The van der Waals surface area contributed by atoms with Crippen molar-refractivity contribution in [3.8, 4) is 0 Å². The molecule has 1 fully saturated rings. The van der Waals surface area contributed by atoms with Gasteiger partial charge in [-0.15, -0.1) is 0 Å². The Hall–Kier alpha value is -1.35. The summed E-state index contributed by atoms with van der Waals surface area (Å²) in [6, 6.07) is 5.26. The lowest BCUT2D eigenvalue weighted by Crippen LogP contribution is -2.34. The predicted molar refractivity (Wildman–Crippen MR) is 93.5 cm³/mol. The summed E-state index contributed by atoms with van der Waals surface area (Å²) in [6.07, 6.45) is 7.49. The van der Waals surface area contributed by atoms with Crippen LogP contribution in [0.1, 0.15) is 56.0 Å². The van der Waals surface area contributed by atoms with Crippen molar-refractivity contribution in [3.05, 3.63) is 29.1 Å². The molecule has 1 aliphatic rings. The van der Waals surface area contributed by atoms with E-state index in [0.29, 0.717) is 6.04 Å². The number of imidazole rings is 1. The van der Waals surface area contributed by atoms with E-state index < -0.39 is 0 Å². The van der Waals surface area contributed by atoms with Crippen LogP contribution >= 0.6 is 0 Å². The van der Waals surface area contributed by atoms with E-state index in [9.17, 15) is 0 Å². The van der Waals surface area contributed by atoms with Crippen LogP contribution in [0.3, 0.4) is 0 Å². The lowest BCUT2D eigenvalue weighted by Gasteiger charge is -2.24. The van der Waals surface area contributed by atoms with Gasteiger partial charge in [0, 0.05) is 19.0 Å². The molecule has 2 aromatic rings. The second-order valence-electron chi connectivity index (χ2n) is 6.79. The van der Waals surface area contributed by atoms with Gasteiger partial charge in [0.25, 0.3) is 0 Å². The Morgan fingerprint density at radius 2 is 2.05 bits per heavy atom. The number of nitrogens with one attached hydrogen (secondary N) is 1. The molecule has 1 N–H and O–H groups in total. The van der Waals surface area contributed by atoms with Crippen LogP contribution in [-0.4, -0.2) is 22.1 Å². The van der Waals surface area contributed by atoms with Gasteiger partial charge in [-0.1, -0.05) is 13.3 Å². The molecule has 0 bridgehead atoms. The van der Waals surface area contributed by atoms with Crippen LogP contribution in [0.4, 0.5) is 0 Å². The Morgan fingerprint density at radius 1 is 1.23 bits per heavy atom. The summed E-state index contributed by atoms with van der Waals surface area (Å²) < 4.78 is 2.47. The highest BCUT2D eigenvalue weighted by molar-refractivity contribution is 5.78. The summed E-state index contributed by atoms with van der Waals surface area (Å²) in [7, 11) is 0. The fourth-order valence-electron chi connectivity index (χ4n) is 3.55. The van der Waals surface area contributed by atoms with Gasteiger partial charge < -0.3 is 9.88 Å². The Labute approximate surface area is 134 Å². The van der Waals surface area contributed by atoms with E-state index in [-0.39, 0.29) is 0 Å². The second kappa shape index (κ2) is 6.82. The van der Waals surface area contributed by atoms with E-state index in [4.69, 9.17) is 4.98 Å². The van der Waals surface area contributed by atoms with E-state index in [1.54, 1.807) is 0 Å². The first-order chi connectivity index (χ1) is 10.7. The smallest absolute Gasteiger partial charge is 0.109 e. The van der Waals surface area contributed by atoms with Crippen molar-refractivity contribution in [1.29, 1.82) is 0 Å². The topological polar surface area (TPSA) is 29.9 Å². The summed E-state index contributed by atoms with van der Waals surface area (Å²) in [5.74, 6) is 1.26. The fraction of sp³-hybridized carbons (Fsp3) is 0.632. The standard InChI is InChI=1S/C19H29N3/c1-4-7-19-21-17-12-14(2)15(3)13-18(17)22(19)11-9-16-8-5-6-10-20-16/h12-13,16,20H,4-11H2,1-3H3. The van der Waals surface area contributed by atoms with Crippen LogP contribution in [0.5, 0.6) is 0 Å². The number of piperidine rings is 1. The normalized spacial score (nSPS) is 19.0. The number of fused-ring (bicyclic) bond motifs is 1. The molecule has 0 saturated carbocycles. The van der Waals surface area contributed by atoms with E-state index in [1.165, 1.54) is 60.2 Å². The van der Waals surface area contributed by atoms with Crippen LogP contribution in [0.15, 0.2) is 12.1 Å². The third-order valence-electron chi connectivity index (χ3n) is 5.03. The van der Waals surface area contributed by atoms with E-state index >= 15 is 0 Å². The van der Waals surface area contributed by atoms with Gasteiger partial charge in [-0.05, 0) is 69.3 Å². The molecule has 0 amide bonds. The summed E-state index contributed by atoms with van der Waals surface area (Å²) in [6.45, 7) is 8.90. The largest absolute Gasteiger partial charge is 0.328 e. The maximum atomic E-state index is 4.91. The monoisotopic (exact) mass is 299 g/mol. The summed E-state index contributed by atoms with van der Waals surface area (Å²) in [5, 5.41) is 3.67. The van der Waals surface area contributed by atoms with E-state index in [1.807, 2.05) is 0 Å². The zero-order valence-electron chi connectivity index (χ0n) is 14.3. The number of rotatable bonds is 5. The Bertz CT molecular complexity index is 636. The molecular weight excluding hydrogens is 270 g/mol. The zero-order valence-corrected chi connectivity index (χ0v) is 14.3. The second-order valence-corrected chi connectivity index (χ2v) is 6.79. The summed E-state index contributed by atoms with van der Waals surface area (Å²) in [5.41, 5.74) is 5.20. The lowest BCUT2D eigenvalue weighted by molar-refractivity contribution is 0.366. The molecular formula is C19H29N3. The molecule has 3 heteroatoms. The zero-order chi connectivity index (χ0) is 15.5. The average Bonchev–Trinajstić information content (AvgIpc) is 2.84. The minimum absolute atomic E-state index is 0.687. The molecule has 2 heterocycles. The van der Waals surface area contributed by atoms with E-state index in [2.05, 4.69) is 42.8 Å². The summed E-state index contributed by atoms with van der Waals surface area (Å²) >= 11 is 0. The maximum absolute atomic E-state index is 4.91. The van der Waals surface area contributed by atoms with Crippen LogP contribution in [0.2, 0.25) is 0 Å². The van der Waals surface area contributed by atoms with Gasteiger partial charge in [-0.3, -0.25) is 0 Å². The molecule has 0 aliphatic carbocycles. The minimum Gasteiger partial charge on any atom is -0.328 e. The number of aromatic nitrogens is 2. The molecule has 1 unspecified atom stereocenters. The van der Waals surface area contributed by atoms with Gasteiger partial charge in [0.05, 0.1) is 11.0 Å². The van der Waals surface area contributed by atoms with Gasteiger partial charge >= 0.3 is 0 Å². The van der Waals surface area contributed by atoms with E-state index in [0.717, 1.165) is 19.4 Å². The molecule has 0 spiro atoms. The van der Waals surface area contributed by atoms with Crippen molar-refractivity contribution in [2.75, 3.05) is 6.54 Å². The minimum atomic E-state index is 0.687. The van der Waals surface area contributed by atoms with Crippen molar-refractivity contribution in [3.63, 3.8) is 0 Å². The molecule has 1 aromatic heterocycles. The third-order valence-corrected chi connectivity index (χ3v) is 5.03. The van der Waals surface area contributed by atoms with Crippen molar-refractivity contribution in [2.45, 2.75) is 71.9 Å². The molecule has 1 aromatic carbocycles. The van der Waals surface area contributed by atoms with Crippen molar-refractivity contribution in [1.82, 2.24) is 14.9 Å². The Morgan fingerprint density at radius 3 is 2.77 bits per heavy atom. The summed E-state index contributed by atoms with van der Waals surface area (Å²) in [4.78, 5) is 4.91. The molecule has 1 atom stereocenters.